The van der Waals surface area contributed by atoms with Gasteiger partial charge in [0.1, 0.15) is 0 Å². The minimum Gasteiger partial charge on any atom is -0.466 e. The molecule has 13 heavy (non-hydrogen) atoms. The van der Waals surface area contributed by atoms with Gasteiger partial charge in [0.2, 0.25) is 0 Å². The summed E-state index contributed by atoms with van der Waals surface area (Å²) < 4.78 is 5.10. The first-order valence-electron chi connectivity index (χ1n) is 5.48. The van der Waals surface area contributed by atoms with Crippen molar-refractivity contribution < 1.29 is 9.53 Å². The Morgan fingerprint density at radius 1 is 1.31 bits per heavy atom. The van der Waals surface area contributed by atoms with E-state index < -0.39 is 0 Å². The maximum absolute atomic E-state index is 11.1. The van der Waals surface area contributed by atoms with Crippen LogP contribution in [0, 0.1) is 5.92 Å². The highest BCUT2D eigenvalue weighted by molar-refractivity contribution is 5.69. The van der Waals surface area contributed by atoms with Gasteiger partial charge in [-0.3, -0.25) is 4.79 Å². The third kappa shape index (κ3) is 5.67. The molecule has 0 aromatic rings. The summed E-state index contributed by atoms with van der Waals surface area (Å²) in [5.41, 5.74) is 0. The van der Waals surface area contributed by atoms with E-state index >= 15 is 0 Å². The van der Waals surface area contributed by atoms with Crippen molar-refractivity contribution in [2.75, 3.05) is 6.61 Å². The lowest BCUT2D eigenvalue weighted by Gasteiger charge is -2.03. The minimum atomic E-state index is 0.0130. The molecule has 0 aromatic heterocycles. The second-order valence-corrected chi connectivity index (χ2v) is 3.93. The molecule has 0 unspecified atom stereocenters. The third-order valence-corrected chi connectivity index (χ3v) is 2.41. The summed E-state index contributed by atoms with van der Waals surface area (Å²) in [4.78, 5) is 11.1. The second-order valence-electron chi connectivity index (χ2n) is 3.93. The summed E-state index contributed by atoms with van der Waals surface area (Å²) in [5, 5.41) is 0. The summed E-state index contributed by atoms with van der Waals surface area (Å²) in [5.74, 6) is 0.669. The molecule has 1 fully saturated rings. The fourth-order valence-electron chi connectivity index (χ4n) is 1.33. The molecule has 0 spiro atoms. The Balaban J connectivity index is 1.83. The zero-order valence-electron chi connectivity index (χ0n) is 8.55. The molecule has 2 heteroatoms. The van der Waals surface area contributed by atoms with Crippen LogP contribution >= 0.6 is 0 Å². The molecule has 1 aliphatic rings. The average Bonchev–Trinajstić information content (AvgIpc) is 2.88. The molecule has 0 bridgehead atoms. The largest absolute Gasteiger partial charge is 0.466 e. The lowest BCUT2D eigenvalue weighted by molar-refractivity contribution is -0.144. The Morgan fingerprint density at radius 2 is 2.08 bits per heavy atom. The van der Waals surface area contributed by atoms with Gasteiger partial charge in [-0.15, -0.1) is 0 Å². The second kappa shape index (κ2) is 6.01. The molecule has 0 N–H and O–H groups in total. The van der Waals surface area contributed by atoms with Gasteiger partial charge in [0.25, 0.3) is 0 Å². The quantitative estimate of drug-likeness (QED) is 0.449. The molecule has 76 valence electrons. The van der Waals surface area contributed by atoms with Crippen molar-refractivity contribution in [3.63, 3.8) is 0 Å². The van der Waals surface area contributed by atoms with E-state index in [2.05, 4.69) is 6.92 Å². The molecule has 1 rings (SSSR count). The highest BCUT2D eigenvalue weighted by Gasteiger charge is 2.24. The maximum atomic E-state index is 11.1. The van der Waals surface area contributed by atoms with Crippen LogP contribution in [0.4, 0.5) is 0 Å². The van der Waals surface area contributed by atoms with E-state index in [0.717, 1.165) is 6.42 Å². The van der Waals surface area contributed by atoms with Gasteiger partial charge < -0.3 is 4.74 Å². The molecule has 0 heterocycles. The van der Waals surface area contributed by atoms with Crippen LogP contribution in [0.1, 0.15) is 51.9 Å². The predicted molar refractivity (Wildman–Crippen MR) is 52.4 cm³/mol. The van der Waals surface area contributed by atoms with Crippen molar-refractivity contribution >= 4 is 5.97 Å². The van der Waals surface area contributed by atoms with Gasteiger partial charge in [-0.2, -0.15) is 0 Å². The maximum Gasteiger partial charge on any atom is 0.306 e. The average molecular weight is 184 g/mol. The van der Waals surface area contributed by atoms with Crippen molar-refractivity contribution in [2.24, 2.45) is 5.92 Å². The van der Waals surface area contributed by atoms with Crippen LogP contribution in [0.3, 0.4) is 0 Å². The van der Waals surface area contributed by atoms with E-state index in [-0.39, 0.29) is 5.97 Å². The molecule has 1 aliphatic carbocycles. The van der Waals surface area contributed by atoms with Crippen LogP contribution in [0.25, 0.3) is 0 Å². The van der Waals surface area contributed by atoms with Crippen molar-refractivity contribution in [2.45, 2.75) is 51.9 Å². The fourth-order valence-corrected chi connectivity index (χ4v) is 1.33. The summed E-state index contributed by atoms with van der Waals surface area (Å²) in [6.45, 7) is 2.81. The Bertz CT molecular complexity index is 150. The highest BCUT2D eigenvalue weighted by atomic mass is 16.5. The van der Waals surface area contributed by atoms with Gasteiger partial charge in [0, 0.05) is 6.42 Å². The monoisotopic (exact) mass is 184 g/mol. The smallest absolute Gasteiger partial charge is 0.306 e. The Hall–Kier alpha value is -0.530. The zero-order chi connectivity index (χ0) is 9.52. The Labute approximate surface area is 80.7 Å². The van der Waals surface area contributed by atoms with Crippen molar-refractivity contribution in [1.29, 1.82) is 0 Å². The summed E-state index contributed by atoms with van der Waals surface area (Å²) in [7, 11) is 0. The molecule has 0 saturated heterocycles. The third-order valence-electron chi connectivity index (χ3n) is 2.41. The van der Waals surface area contributed by atoms with Crippen LogP contribution in [0.2, 0.25) is 0 Å². The molecule has 0 amide bonds. The molecular weight excluding hydrogens is 164 g/mol. The van der Waals surface area contributed by atoms with E-state index in [9.17, 15) is 4.79 Å². The Morgan fingerprint density at radius 3 is 2.69 bits per heavy atom. The van der Waals surface area contributed by atoms with Crippen LogP contribution < -0.4 is 0 Å². The van der Waals surface area contributed by atoms with Crippen LogP contribution in [-0.2, 0) is 9.53 Å². The van der Waals surface area contributed by atoms with Gasteiger partial charge >= 0.3 is 5.97 Å². The molecular formula is C11H20O2. The SMILES string of the molecule is CCCCCCOC(=O)CC1CC1. The summed E-state index contributed by atoms with van der Waals surface area (Å²) in [6, 6.07) is 0. The number of hydrogen-bond acceptors (Lipinski definition) is 2. The van der Waals surface area contributed by atoms with Crippen molar-refractivity contribution in [3.05, 3.63) is 0 Å². The van der Waals surface area contributed by atoms with Gasteiger partial charge in [0.15, 0.2) is 0 Å². The van der Waals surface area contributed by atoms with E-state index in [4.69, 9.17) is 4.74 Å². The van der Waals surface area contributed by atoms with Gasteiger partial charge in [0.05, 0.1) is 6.61 Å². The lowest BCUT2D eigenvalue weighted by atomic mass is 10.2. The number of esters is 1. The fraction of sp³-hybridized carbons (Fsp3) is 0.909. The first-order valence-corrected chi connectivity index (χ1v) is 5.48. The predicted octanol–water partition coefficient (Wildman–Crippen LogP) is 2.91. The first-order chi connectivity index (χ1) is 6.33. The molecule has 2 nitrogen and oxygen atoms in total. The Kier molecular flexibility index (Phi) is 4.87. The zero-order valence-corrected chi connectivity index (χ0v) is 8.55. The van der Waals surface area contributed by atoms with Gasteiger partial charge in [-0.05, 0) is 25.2 Å². The van der Waals surface area contributed by atoms with E-state index in [1.807, 2.05) is 0 Å². The minimum absolute atomic E-state index is 0.0130. The van der Waals surface area contributed by atoms with Crippen LogP contribution in [-0.4, -0.2) is 12.6 Å². The molecule has 0 radical (unpaired) electrons. The first kappa shape index (κ1) is 10.6. The van der Waals surface area contributed by atoms with Gasteiger partial charge in [-0.25, -0.2) is 0 Å². The van der Waals surface area contributed by atoms with Crippen LogP contribution in [0.15, 0.2) is 0 Å². The van der Waals surface area contributed by atoms with E-state index in [1.54, 1.807) is 0 Å². The highest BCUT2D eigenvalue weighted by Crippen LogP contribution is 2.32. The van der Waals surface area contributed by atoms with Crippen LogP contribution in [0.5, 0.6) is 0 Å². The van der Waals surface area contributed by atoms with E-state index in [1.165, 1.54) is 32.1 Å². The normalized spacial score (nSPS) is 15.8. The number of hydrogen-bond donors (Lipinski definition) is 0. The van der Waals surface area contributed by atoms with Crippen molar-refractivity contribution in [3.8, 4) is 0 Å². The molecule has 1 saturated carbocycles. The molecule has 0 aromatic carbocycles. The van der Waals surface area contributed by atoms with Crippen molar-refractivity contribution in [1.82, 2.24) is 0 Å². The molecule has 0 atom stereocenters. The summed E-state index contributed by atoms with van der Waals surface area (Å²) >= 11 is 0. The number of ether oxygens (including phenoxy) is 1. The number of rotatable bonds is 7. The standard InChI is InChI=1S/C11H20O2/c1-2-3-4-5-8-13-11(12)9-10-6-7-10/h10H,2-9H2,1H3. The number of carbonyl (C=O) groups is 1. The molecule has 0 aliphatic heterocycles. The van der Waals surface area contributed by atoms with E-state index in [0.29, 0.717) is 18.9 Å². The lowest BCUT2D eigenvalue weighted by Crippen LogP contribution is -2.06. The topological polar surface area (TPSA) is 26.3 Å². The summed E-state index contributed by atoms with van der Waals surface area (Å²) in [6.07, 6.45) is 7.82. The van der Waals surface area contributed by atoms with Gasteiger partial charge in [-0.1, -0.05) is 26.2 Å². The number of unbranched alkanes of at least 4 members (excludes halogenated alkanes) is 3. The number of carbonyl (C=O) groups excluding carboxylic acids is 1.